The zero-order chi connectivity index (χ0) is 11.3. The third-order valence-corrected chi connectivity index (χ3v) is 4.48. The van der Waals surface area contributed by atoms with Gasteiger partial charge in [-0.2, -0.15) is 0 Å². The normalized spacial score (nSPS) is 14.0. The molecule has 0 aliphatic carbocycles. The number of sulfonamides is 1. The summed E-state index contributed by atoms with van der Waals surface area (Å²) < 4.78 is 34.8. The summed E-state index contributed by atoms with van der Waals surface area (Å²) >= 11 is 2.88. The van der Waals surface area contributed by atoms with Crippen LogP contribution in [0.3, 0.4) is 0 Å². The Morgan fingerprint density at radius 1 is 1.67 bits per heavy atom. The van der Waals surface area contributed by atoms with Crippen molar-refractivity contribution in [2.45, 2.75) is 6.10 Å². The summed E-state index contributed by atoms with van der Waals surface area (Å²) in [4.78, 5) is 0. The fraction of sp³-hybridized carbons (Fsp3) is 0.500. The summed E-state index contributed by atoms with van der Waals surface area (Å²) in [5.74, 6) is 0.592. The van der Waals surface area contributed by atoms with E-state index in [0.717, 1.165) is 0 Å². The maximum atomic E-state index is 11.1. The van der Waals surface area contributed by atoms with Gasteiger partial charge in [0.1, 0.15) is 16.5 Å². The van der Waals surface area contributed by atoms with Crippen LogP contribution in [0, 0.1) is 0 Å². The van der Waals surface area contributed by atoms with Gasteiger partial charge in [-0.1, -0.05) is 15.9 Å². The number of alkyl halides is 1. The third-order valence-electron chi connectivity index (χ3n) is 1.78. The van der Waals surface area contributed by atoms with Crippen molar-refractivity contribution in [2.75, 3.05) is 18.3 Å². The number of hydrogen-bond donors (Lipinski definition) is 1. The van der Waals surface area contributed by atoms with Gasteiger partial charge in [-0.25, -0.2) is 13.1 Å². The summed E-state index contributed by atoms with van der Waals surface area (Å²) in [6.07, 6.45) is 1.11. The van der Waals surface area contributed by atoms with Crippen molar-refractivity contribution in [2.24, 2.45) is 0 Å². The molecule has 1 rings (SSSR count). The predicted molar refractivity (Wildman–Crippen MR) is 59.2 cm³/mol. The van der Waals surface area contributed by atoms with Crippen LogP contribution in [0.15, 0.2) is 22.8 Å². The van der Waals surface area contributed by atoms with E-state index in [0.29, 0.717) is 5.76 Å². The molecule has 0 fully saturated rings. The van der Waals surface area contributed by atoms with E-state index in [-0.39, 0.29) is 11.2 Å². The Kier molecular flexibility index (Phi) is 4.78. The molecule has 1 atom stereocenters. The fourth-order valence-electron chi connectivity index (χ4n) is 1.02. The van der Waals surface area contributed by atoms with Crippen LogP contribution in [-0.4, -0.2) is 26.7 Å². The molecule has 0 bridgehead atoms. The number of nitrogens with one attached hydrogen (secondary N) is 1. The van der Waals surface area contributed by atoms with Crippen molar-refractivity contribution in [3.63, 3.8) is 0 Å². The van der Waals surface area contributed by atoms with E-state index in [9.17, 15) is 8.42 Å². The Morgan fingerprint density at radius 2 is 2.40 bits per heavy atom. The highest BCUT2D eigenvalue weighted by molar-refractivity contribution is 9.10. The molecule has 0 aliphatic heterocycles. The summed E-state index contributed by atoms with van der Waals surface area (Å²) in [5.41, 5.74) is 0. The summed E-state index contributed by atoms with van der Waals surface area (Å²) in [5, 5.41) is 0. The van der Waals surface area contributed by atoms with Gasteiger partial charge in [0, 0.05) is 13.7 Å². The molecule has 1 heterocycles. The Hall–Kier alpha value is -0.370. The average molecular weight is 298 g/mol. The van der Waals surface area contributed by atoms with Crippen LogP contribution >= 0.6 is 15.9 Å². The monoisotopic (exact) mass is 297 g/mol. The first kappa shape index (κ1) is 12.7. The number of hydrogen-bond acceptors (Lipinski definition) is 4. The van der Waals surface area contributed by atoms with Crippen molar-refractivity contribution in [1.82, 2.24) is 4.72 Å². The second-order valence-electron chi connectivity index (χ2n) is 2.81. The Morgan fingerprint density at radius 3 is 2.87 bits per heavy atom. The number of furan rings is 1. The highest BCUT2D eigenvalue weighted by Crippen LogP contribution is 2.16. The molecule has 86 valence electrons. The van der Waals surface area contributed by atoms with E-state index in [1.54, 1.807) is 12.1 Å². The molecule has 5 nitrogen and oxygen atoms in total. The van der Waals surface area contributed by atoms with Crippen LogP contribution in [0.5, 0.6) is 0 Å². The van der Waals surface area contributed by atoms with Gasteiger partial charge in [0.05, 0.1) is 6.26 Å². The number of halogens is 1. The second-order valence-corrected chi connectivity index (χ2v) is 5.92. The van der Waals surface area contributed by atoms with Gasteiger partial charge in [-0.15, -0.1) is 0 Å². The first-order valence-corrected chi connectivity index (χ1v) is 6.96. The van der Waals surface area contributed by atoms with Crippen LogP contribution < -0.4 is 4.72 Å². The Labute approximate surface area is 97.0 Å². The lowest BCUT2D eigenvalue weighted by Gasteiger charge is -2.12. The number of ether oxygens (including phenoxy) is 1. The molecule has 7 heteroatoms. The number of rotatable bonds is 6. The molecule has 15 heavy (non-hydrogen) atoms. The SMILES string of the molecule is COC(CNS(=O)(=O)CBr)c1ccco1. The van der Waals surface area contributed by atoms with E-state index >= 15 is 0 Å². The first-order valence-electron chi connectivity index (χ1n) is 4.18. The van der Waals surface area contributed by atoms with Gasteiger partial charge >= 0.3 is 0 Å². The van der Waals surface area contributed by atoms with Crippen LogP contribution in [0.25, 0.3) is 0 Å². The van der Waals surface area contributed by atoms with E-state index in [1.165, 1.54) is 13.4 Å². The highest BCUT2D eigenvalue weighted by Gasteiger charge is 2.16. The van der Waals surface area contributed by atoms with E-state index in [4.69, 9.17) is 9.15 Å². The molecule has 1 N–H and O–H groups in total. The van der Waals surface area contributed by atoms with Crippen molar-refractivity contribution in [3.8, 4) is 0 Å². The van der Waals surface area contributed by atoms with E-state index < -0.39 is 16.1 Å². The van der Waals surface area contributed by atoms with Gasteiger partial charge in [0.2, 0.25) is 10.0 Å². The minimum atomic E-state index is -3.27. The van der Waals surface area contributed by atoms with Gasteiger partial charge in [-0.05, 0) is 12.1 Å². The maximum Gasteiger partial charge on any atom is 0.221 e. The molecule has 0 saturated carbocycles. The van der Waals surface area contributed by atoms with Crippen molar-refractivity contribution < 1.29 is 17.6 Å². The largest absolute Gasteiger partial charge is 0.467 e. The molecule has 0 aromatic carbocycles. The summed E-state index contributed by atoms with van der Waals surface area (Å²) in [6, 6.07) is 3.46. The molecular formula is C8H12BrNO4S. The van der Waals surface area contributed by atoms with Crippen LogP contribution in [0.2, 0.25) is 0 Å². The van der Waals surface area contributed by atoms with Crippen LogP contribution in [0.4, 0.5) is 0 Å². The number of methoxy groups -OCH3 is 1. The first-order chi connectivity index (χ1) is 7.09. The zero-order valence-corrected chi connectivity index (χ0v) is 10.5. The molecule has 1 aromatic heterocycles. The molecule has 0 saturated heterocycles. The minimum absolute atomic E-state index is 0.130. The van der Waals surface area contributed by atoms with Gasteiger partial charge < -0.3 is 9.15 Å². The Balaban J connectivity index is 2.56. The maximum absolute atomic E-state index is 11.1. The smallest absolute Gasteiger partial charge is 0.221 e. The standard InChI is InChI=1S/C8H12BrNO4S/c1-13-8(7-3-2-4-14-7)5-10-15(11,12)6-9/h2-4,8,10H,5-6H2,1H3. The third kappa shape index (κ3) is 3.94. The molecule has 0 radical (unpaired) electrons. The molecule has 1 unspecified atom stereocenters. The van der Waals surface area contributed by atoms with Gasteiger partial charge in [-0.3, -0.25) is 0 Å². The summed E-state index contributed by atoms with van der Waals surface area (Å²) in [7, 11) is -1.78. The van der Waals surface area contributed by atoms with Gasteiger partial charge in [0.25, 0.3) is 0 Å². The van der Waals surface area contributed by atoms with Crippen molar-refractivity contribution in [3.05, 3.63) is 24.2 Å². The fourth-order valence-corrected chi connectivity index (χ4v) is 1.98. The Bertz CT molecular complexity index is 375. The van der Waals surface area contributed by atoms with Crippen molar-refractivity contribution in [1.29, 1.82) is 0 Å². The lowest BCUT2D eigenvalue weighted by molar-refractivity contribution is 0.0879. The van der Waals surface area contributed by atoms with Crippen LogP contribution in [-0.2, 0) is 14.8 Å². The molecule has 0 aliphatic rings. The second kappa shape index (κ2) is 5.64. The van der Waals surface area contributed by atoms with Crippen molar-refractivity contribution >= 4 is 26.0 Å². The van der Waals surface area contributed by atoms with Gasteiger partial charge in [0.15, 0.2) is 0 Å². The highest BCUT2D eigenvalue weighted by atomic mass is 79.9. The molecule has 0 amide bonds. The molecule has 1 aromatic rings. The summed E-state index contributed by atoms with van der Waals surface area (Å²) in [6.45, 7) is 0.151. The quantitative estimate of drug-likeness (QED) is 0.802. The average Bonchev–Trinajstić information content (AvgIpc) is 2.72. The minimum Gasteiger partial charge on any atom is -0.467 e. The lowest BCUT2D eigenvalue weighted by Crippen LogP contribution is -2.29. The van der Waals surface area contributed by atoms with E-state index in [2.05, 4.69) is 20.7 Å². The molecule has 0 spiro atoms. The lowest BCUT2D eigenvalue weighted by atomic mass is 10.3. The topological polar surface area (TPSA) is 68.5 Å². The molecular weight excluding hydrogens is 286 g/mol. The predicted octanol–water partition coefficient (Wildman–Crippen LogP) is 1.24. The van der Waals surface area contributed by atoms with Crippen LogP contribution in [0.1, 0.15) is 11.9 Å². The van der Waals surface area contributed by atoms with E-state index in [1.807, 2.05) is 0 Å². The zero-order valence-electron chi connectivity index (χ0n) is 8.14.